The molecule has 1 aromatic carbocycles. The summed E-state index contributed by atoms with van der Waals surface area (Å²) in [5.41, 5.74) is 1.17. The smallest absolute Gasteiger partial charge is 0.0799 e. The maximum Gasteiger partial charge on any atom is 0.0799 e. The molecule has 1 aromatic rings. The van der Waals surface area contributed by atoms with Gasteiger partial charge in [-0.15, -0.1) is 0 Å². The van der Waals surface area contributed by atoms with Gasteiger partial charge in [0.05, 0.1) is 16.3 Å². The molecule has 4 heteroatoms. The monoisotopic (exact) mass is 283 g/mol. The average Bonchev–Trinajstić information content (AvgIpc) is 2.80. The van der Waals surface area contributed by atoms with Crippen molar-refractivity contribution in [2.24, 2.45) is 0 Å². The summed E-state index contributed by atoms with van der Waals surface area (Å²) in [6, 6.07) is 8.46. The summed E-state index contributed by atoms with van der Waals surface area (Å²) < 4.78 is 6.03. The molecule has 0 bridgehead atoms. The topological polar surface area (TPSA) is 21.3 Å². The van der Waals surface area contributed by atoms with Gasteiger partial charge in [-0.25, -0.2) is 0 Å². The van der Waals surface area contributed by atoms with Gasteiger partial charge < -0.3 is 10.1 Å². The van der Waals surface area contributed by atoms with Gasteiger partial charge >= 0.3 is 0 Å². The lowest BCUT2D eigenvalue weighted by Crippen LogP contribution is -2.44. The fourth-order valence-electron chi connectivity index (χ4n) is 2.81. The Hall–Kier alpha value is -0.380. The van der Waals surface area contributed by atoms with Gasteiger partial charge in [0.2, 0.25) is 0 Å². The first kappa shape index (κ1) is 12.6. The van der Waals surface area contributed by atoms with Gasteiger partial charge in [0.15, 0.2) is 0 Å². The Morgan fingerprint density at radius 2 is 2.28 bits per heavy atom. The molecule has 1 spiro atoms. The number of anilines is 1. The summed E-state index contributed by atoms with van der Waals surface area (Å²) in [5, 5.41) is 4.38. The van der Waals surface area contributed by atoms with Gasteiger partial charge in [-0.2, -0.15) is 11.8 Å². The fraction of sp³-hybridized carbons (Fsp3) is 0.571. The van der Waals surface area contributed by atoms with Crippen LogP contribution in [-0.4, -0.2) is 29.8 Å². The van der Waals surface area contributed by atoms with Crippen LogP contribution in [0, 0.1) is 0 Å². The molecule has 2 nitrogen and oxygen atoms in total. The Morgan fingerprint density at radius 3 is 3.06 bits per heavy atom. The third-order valence-electron chi connectivity index (χ3n) is 3.79. The van der Waals surface area contributed by atoms with Gasteiger partial charge in [-0.1, -0.05) is 23.7 Å². The number of thioether (sulfide) groups is 1. The lowest BCUT2D eigenvalue weighted by atomic mass is 9.90. The SMILES string of the molecule is Clc1ccccc1NC1CCOC2(CCSC2)C1. The van der Waals surface area contributed by atoms with Gasteiger partial charge in [-0.3, -0.25) is 0 Å². The highest BCUT2D eigenvalue weighted by Gasteiger charge is 2.40. The van der Waals surface area contributed by atoms with E-state index in [1.807, 2.05) is 36.0 Å². The van der Waals surface area contributed by atoms with Crippen LogP contribution in [0.25, 0.3) is 0 Å². The van der Waals surface area contributed by atoms with Crippen molar-refractivity contribution in [1.29, 1.82) is 0 Å². The van der Waals surface area contributed by atoms with Crippen LogP contribution in [0.3, 0.4) is 0 Å². The van der Waals surface area contributed by atoms with Crippen molar-refractivity contribution >= 4 is 29.1 Å². The van der Waals surface area contributed by atoms with Crippen molar-refractivity contribution in [2.45, 2.75) is 30.9 Å². The number of hydrogen-bond acceptors (Lipinski definition) is 3. The molecule has 2 fully saturated rings. The first-order chi connectivity index (χ1) is 8.77. The zero-order chi connectivity index (χ0) is 12.4. The minimum absolute atomic E-state index is 0.127. The molecule has 2 saturated heterocycles. The van der Waals surface area contributed by atoms with Crippen LogP contribution in [0.4, 0.5) is 5.69 Å². The molecule has 18 heavy (non-hydrogen) atoms. The summed E-state index contributed by atoms with van der Waals surface area (Å²) in [7, 11) is 0. The lowest BCUT2D eigenvalue weighted by molar-refractivity contribution is -0.0628. The molecular weight excluding hydrogens is 266 g/mol. The zero-order valence-corrected chi connectivity index (χ0v) is 11.9. The summed E-state index contributed by atoms with van der Waals surface area (Å²) in [6.45, 7) is 0.864. The molecule has 2 unspecified atom stereocenters. The predicted molar refractivity (Wildman–Crippen MR) is 78.7 cm³/mol. The van der Waals surface area contributed by atoms with E-state index in [0.717, 1.165) is 35.9 Å². The van der Waals surface area contributed by atoms with E-state index in [0.29, 0.717) is 6.04 Å². The summed E-state index contributed by atoms with van der Waals surface area (Å²) in [5.74, 6) is 2.38. The van der Waals surface area contributed by atoms with Crippen LogP contribution in [-0.2, 0) is 4.74 Å². The van der Waals surface area contributed by atoms with Crippen molar-refractivity contribution in [3.8, 4) is 0 Å². The molecule has 0 aliphatic carbocycles. The molecule has 98 valence electrons. The maximum atomic E-state index is 6.20. The highest BCUT2D eigenvalue weighted by molar-refractivity contribution is 7.99. The van der Waals surface area contributed by atoms with Crippen LogP contribution >= 0.6 is 23.4 Å². The maximum absolute atomic E-state index is 6.20. The van der Waals surface area contributed by atoms with E-state index in [-0.39, 0.29) is 5.60 Å². The molecule has 2 aliphatic heterocycles. The number of benzene rings is 1. The Bertz CT molecular complexity index is 420. The molecule has 0 saturated carbocycles. The van der Waals surface area contributed by atoms with Gasteiger partial charge in [0.25, 0.3) is 0 Å². The van der Waals surface area contributed by atoms with Crippen molar-refractivity contribution in [3.05, 3.63) is 29.3 Å². The first-order valence-electron chi connectivity index (χ1n) is 6.50. The minimum Gasteiger partial charge on any atom is -0.381 e. The standard InChI is InChI=1S/C14H18ClNOS/c15-12-3-1-2-4-13(12)16-11-5-7-17-14(9-11)6-8-18-10-14/h1-4,11,16H,5-10H2. The molecule has 3 rings (SSSR count). The van der Waals surface area contributed by atoms with Crippen molar-refractivity contribution in [1.82, 2.24) is 0 Å². The molecule has 0 aromatic heterocycles. The molecule has 2 atom stereocenters. The van der Waals surface area contributed by atoms with E-state index in [4.69, 9.17) is 16.3 Å². The number of halogens is 1. The number of rotatable bonds is 2. The largest absolute Gasteiger partial charge is 0.381 e. The van der Waals surface area contributed by atoms with Crippen LogP contribution in [0.15, 0.2) is 24.3 Å². The van der Waals surface area contributed by atoms with Gasteiger partial charge in [-0.05, 0) is 37.1 Å². The van der Waals surface area contributed by atoms with Crippen LogP contribution in [0.1, 0.15) is 19.3 Å². The molecule has 0 radical (unpaired) electrons. The van der Waals surface area contributed by atoms with E-state index in [2.05, 4.69) is 5.32 Å². The Balaban J connectivity index is 1.68. The Kier molecular flexibility index (Phi) is 3.73. The molecular formula is C14H18ClNOS. The first-order valence-corrected chi connectivity index (χ1v) is 8.03. The molecule has 1 N–H and O–H groups in total. The van der Waals surface area contributed by atoms with Crippen LogP contribution < -0.4 is 5.32 Å². The summed E-state index contributed by atoms with van der Waals surface area (Å²) >= 11 is 8.21. The normalized spacial score (nSPS) is 31.7. The number of hydrogen-bond donors (Lipinski definition) is 1. The van der Waals surface area contributed by atoms with Crippen LogP contribution in [0.2, 0.25) is 5.02 Å². The van der Waals surface area contributed by atoms with E-state index < -0.39 is 0 Å². The minimum atomic E-state index is 0.127. The van der Waals surface area contributed by atoms with E-state index in [1.54, 1.807) is 0 Å². The second-order valence-corrected chi connectivity index (χ2v) is 6.66. The van der Waals surface area contributed by atoms with Crippen LogP contribution in [0.5, 0.6) is 0 Å². The second-order valence-electron chi connectivity index (χ2n) is 5.15. The quantitative estimate of drug-likeness (QED) is 0.892. The predicted octanol–water partition coefficient (Wildman–Crippen LogP) is 3.81. The highest BCUT2D eigenvalue weighted by Crippen LogP contribution is 2.39. The third kappa shape index (κ3) is 2.63. The number of para-hydroxylation sites is 1. The fourth-order valence-corrected chi connectivity index (χ4v) is 4.38. The van der Waals surface area contributed by atoms with Crippen molar-refractivity contribution in [3.63, 3.8) is 0 Å². The van der Waals surface area contributed by atoms with E-state index in [9.17, 15) is 0 Å². The van der Waals surface area contributed by atoms with Crippen molar-refractivity contribution in [2.75, 3.05) is 23.4 Å². The molecule has 2 aliphatic rings. The Labute approximate surface area is 117 Å². The summed E-state index contributed by atoms with van der Waals surface area (Å²) in [6.07, 6.45) is 3.36. The average molecular weight is 284 g/mol. The van der Waals surface area contributed by atoms with Crippen molar-refractivity contribution < 1.29 is 4.74 Å². The number of ether oxygens (including phenoxy) is 1. The van der Waals surface area contributed by atoms with Gasteiger partial charge in [0.1, 0.15) is 0 Å². The second kappa shape index (κ2) is 5.32. The van der Waals surface area contributed by atoms with E-state index in [1.165, 1.54) is 12.2 Å². The number of nitrogens with one attached hydrogen (secondary N) is 1. The lowest BCUT2D eigenvalue weighted by Gasteiger charge is -2.38. The van der Waals surface area contributed by atoms with Gasteiger partial charge in [0, 0.05) is 18.4 Å². The summed E-state index contributed by atoms with van der Waals surface area (Å²) in [4.78, 5) is 0. The highest BCUT2D eigenvalue weighted by atomic mass is 35.5. The zero-order valence-electron chi connectivity index (χ0n) is 10.3. The molecule has 2 heterocycles. The molecule has 0 amide bonds. The Morgan fingerprint density at radius 1 is 1.39 bits per heavy atom. The van der Waals surface area contributed by atoms with E-state index >= 15 is 0 Å². The third-order valence-corrected chi connectivity index (χ3v) is 5.35.